The number of nitrogens with zero attached hydrogens (tertiary/aromatic N) is 1. The number of thiophene rings is 1. The molecule has 19 heavy (non-hydrogen) atoms. The fraction of sp³-hybridized carbons (Fsp3) is 0.357. The van der Waals surface area contributed by atoms with Crippen molar-refractivity contribution in [1.82, 2.24) is 10.3 Å². The molecule has 102 valence electrons. The zero-order valence-corrected chi connectivity index (χ0v) is 12.0. The first-order valence-electron chi connectivity index (χ1n) is 6.12. The Morgan fingerprint density at radius 2 is 2.16 bits per heavy atom. The van der Waals surface area contributed by atoms with Crippen LogP contribution in [0.4, 0.5) is 0 Å². The summed E-state index contributed by atoms with van der Waals surface area (Å²) in [6, 6.07) is 3.95. The van der Waals surface area contributed by atoms with Gasteiger partial charge in [-0.15, -0.1) is 0 Å². The van der Waals surface area contributed by atoms with E-state index in [1.165, 1.54) is 5.56 Å². The highest BCUT2D eigenvalue weighted by Gasteiger charge is 2.10. The van der Waals surface area contributed by atoms with Crippen LogP contribution in [0.1, 0.15) is 11.3 Å². The summed E-state index contributed by atoms with van der Waals surface area (Å²) >= 11 is 1.73. The molecule has 0 unspecified atom stereocenters. The summed E-state index contributed by atoms with van der Waals surface area (Å²) in [7, 11) is 3.26. The van der Waals surface area contributed by atoms with Crippen molar-refractivity contribution < 1.29 is 9.47 Å². The summed E-state index contributed by atoms with van der Waals surface area (Å²) in [5.41, 5.74) is 2.23. The van der Waals surface area contributed by atoms with E-state index in [4.69, 9.17) is 9.47 Å². The molecule has 5 heteroatoms. The second kappa shape index (κ2) is 7.11. The largest absolute Gasteiger partial charge is 0.493 e. The Hall–Kier alpha value is -1.59. The van der Waals surface area contributed by atoms with Crippen LogP contribution in [-0.2, 0) is 13.0 Å². The highest BCUT2D eigenvalue weighted by Crippen LogP contribution is 2.28. The lowest BCUT2D eigenvalue weighted by Crippen LogP contribution is -2.18. The van der Waals surface area contributed by atoms with Gasteiger partial charge in [0.2, 0.25) is 0 Å². The predicted octanol–water partition coefficient (Wildman–Crippen LogP) is 2.49. The normalized spacial score (nSPS) is 10.4. The molecular weight excluding hydrogens is 260 g/mol. The Morgan fingerprint density at radius 1 is 1.26 bits per heavy atom. The van der Waals surface area contributed by atoms with Gasteiger partial charge >= 0.3 is 0 Å². The molecule has 1 N–H and O–H groups in total. The molecule has 0 aliphatic heterocycles. The van der Waals surface area contributed by atoms with Crippen molar-refractivity contribution in [2.75, 3.05) is 20.8 Å². The lowest BCUT2D eigenvalue weighted by molar-refractivity contribution is 0.348. The van der Waals surface area contributed by atoms with Crippen molar-refractivity contribution >= 4 is 11.3 Å². The van der Waals surface area contributed by atoms with Crippen molar-refractivity contribution in [3.8, 4) is 11.5 Å². The Morgan fingerprint density at radius 3 is 2.84 bits per heavy atom. The maximum Gasteiger partial charge on any atom is 0.183 e. The van der Waals surface area contributed by atoms with Gasteiger partial charge in [0.15, 0.2) is 11.5 Å². The quantitative estimate of drug-likeness (QED) is 0.790. The molecule has 0 aromatic carbocycles. The summed E-state index contributed by atoms with van der Waals surface area (Å²) in [5.74, 6) is 1.42. The number of hydrogen-bond donors (Lipinski definition) is 1. The average molecular weight is 278 g/mol. The Balaban J connectivity index is 1.88. The number of pyridine rings is 1. The maximum atomic E-state index is 5.34. The Bertz CT molecular complexity index is 500. The van der Waals surface area contributed by atoms with Crippen LogP contribution >= 0.6 is 11.3 Å². The summed E-state index contributed by atoms with van der Waals surface area (Å²) in [6.45, 7) is 1.59. The topological polar surface area (TPSA) is 43.4 Å². The maximum absolute atomic E-state index is 5.34. The van der Waals surface area contributed by atoms with E-state index in [9.17, 15) is 0 Å². The molecule has 0 atom stereocenters. The van der Waals surface area contributed by atoms with E-state index in [1.54, 1.807) is 37.8 Å². The van der Waals surface area contributed by atoms with Gasteiger partial charge in [-0.2, -0.15) is 11.3 Å². The van der Waals surface area contributed by atoms with Gasteiger partial charge in [-0.1, -0.05) is 0 Å². The van der Waals surface area contributed by atoms with Crippen LogP contribution in [0.25, 0.3) is 0 Å². The smallest absolute Gasteiger partial charge is 0.183 e. The van der Waals surface area contributed by atoms with Gasteiger partial charge in [0.1, 0.15) is 0 Å². The molecule has 0 amide bonds. The van der Waals surface area contributed by atoms with E-state index in [0.717, 1.165) is 18.7 Å². The molecule has 2 heterocycles. The van der Waals surface area contributed by atoms with Crippen LogP contribution in [0.5, 0.6) is 11.5 Å². The number of hydrogen-bond acceptors (Lipinski definition) is 5. The summed E-state index contributed by atoms with van der Waals surface area (Å²) in [5, 5.41) is 7.64. The summed E-state index contributed by atoms with van der Waals surface area (Å²) in [4.78, 5) is 4.33. The zero-order valence-electron chi connectivity index (χ0n) is 11.2. The van der Waals surface area contributed by atoms with Crippen molar-refractivity contribution in [2.45, 2.75) is 13.0 Å². The molecule has 2 aromatic rings. The van der Waals surface area contributed by atoms with E-state index < -0.39 is 0 Å². The first kappa shape index (κ1) is 13.8. The van der Waals surface area contributed by atoms with Crippen LogP contribution in [0.3, 0.4) is 0 Å². The first-order valence-corrected chi connectivity index (χ1v) is 7.07. The number of rotatable bonds is 7. The van der Waals surface area contributed by atoms with Gasteiger partial charge in [-0.3, -0.25) is 4.98 Å². The van der Waals surface area contributed by atoms with Crippen molar-refractivity contribution in [1.29, 1.82) is 0 Å². The molecule has 0 radical (unpaired) electrons. The van der Waals surface area contributed by atoms with Gasteiger partial charge in [0, 0.05) is 18.8 Å². The minimum Gasteiger partial charge on any atom is -0.493 e. The molecule has 0 fully saturated rings. The lowest BCUT2D eigenvalue weighted by Gasteiger charge is -2.11. The van der Waals surface area contributed by atoms with Crippen molar-refractivity contribution in [2.24, 2.45) is 0 Å². The first-order chi connectivity index (χ1) is 9.35. The lowest BCUT2D eigenvalue weighted by atomic mass is 10.2. The number of ether oxygens (including phenoxy) is 2. The minimum atomic E-state index is 0.671. The van der Waals surface area contributed by atoms with Crippen molar-refractivity contribution in [3.63, 3.8) is 0 Å². The molecule has 2 aromatic heterocycles. The fourth-order valence-corrected chi connectivity index (χ4v) is 2.55. The third-order valence-electron chi connectivity index (χ3n) is 2.83. The van der Waals surface area contributed by atoms with E-state index >= 15 is 0 Å². The van der Waals surface area contributed by atoms with Crippen molar-refractivity contribution in [3.05, 3.63) is 40.3 Å². The Labute approximate surface area is 117 Å². The van der Waals surface area contributed by atoms with E-state index in [2.05, 4.69) is 27.1 Å². The fourth-order valence-electron chi connectivity index (χ4n) is 1.85. The molecule has 0 aliphatic rings. The zero-order chi connectivity index (χ0) is 13.5. The summed E-state index contributed by atoms with van der Waals surface area (Å²) in [6.07, 6.45) is 2.76. The average Bonchev–Trinajstić information content (AvgIpc) is 2.96. The van der Waals surface area contributed by atoms with Gasteiger partial charge in [0.05, 0.1) is 19.9 Å². The van der Waals surface area contributed by atoms with Crippen LogP contribution in [0.2, 0.25) is 0 Å². The molecule has 0 spiro atoms. The van der Waals surface area contributed by atoms with Crippen LogP contribution < -0.4 is 14.8 Å². The van der Waals surface area contributed by atoms with Gasteiger partial charge in [-0.05, 0) is 35.4 Å². The molecular formula is C14H18N2O2S. The number of nitrogens with one attached hydrogen (secondary N) is 1. The van der Waals surface area contributed by atoms with E-state index in [-0.39, 0.29) is 0 Å². The van der Waals surface area contributed by atoms with E-state index in [0.29, 0.717) is 18.0 Å². The standard InChI is InChI=1S/C14H18N2O2S/c1-17-13-4-7-16-12(14(13)18-2)9-15-6-3-11-5-8-19-10-11/h4-5,7-8,10,15H,3,6,9H2,1-2H3. The van der Waals surface area contributed by atoms with Gasteiger partial charge in [0.25, 0.3) is 0 Å². The molecule has 0 bridgehead atoms. The van der Waals surface area contributed by atoms with E-state index in [1.807, 2.05) is 0 Å². The monoisotopic (exact) mass is 278 g/mol. The predicted molar refractivity (Wildman–Crippen MR) is 77.1 cm³/mol. The van der Waals surface area contributed by atoms with Crippen LogP contribution in [0, 0.1) is 0 Å². The van der Waals surface area contributed by atoms with Crippen LogP contribution in [-0.4, -0.2) is 25.7 Å². The highest BCUT2D eigenvalue weighted by molar-refractivity contribution is 7.07. The molecule has 0 saturated heterocycles. The molecule has 4 nitrogen and oxygen atoms in total. The minimum absolute atomic E-state index is 0.671. The second-order valence-electron chi connectivity index (χ2n) is 4.05. The third-order valence-corrected chi connectivity index (χ3v) is 3.56. The number of methoxy groups -OCH3 is 2. The third kappa shape index (κ3) is 3.68. The molecule has 2 rings (SSSR count). The van der Waals surface area contributed by atoms with Gasteiger partial charge < -0.3 is 14.8 Å². The second-order valence-corrected chi connectivity index (χ2v) is 4.83. The van der Waals surface area contributed by atoms with Crippen LogP contribution in [0.15, 0.2) is 29.1 Å². The summed E-state index contributed by atoms with van der Waals surface area (Å²) < 4.78 is 10.6. The highest BCUT2D eigenvalue weighted by atomic mass is 32.1. The van der Waals surface area contributed by atoms with Gasteiger partial charge in [-0.25, -0.2) is 0 Å². The number of aromatic nitrogens is 1. The molecule has 0 saturated carbocycles. The Kier molecular flexibility index (Phi) is 5.18. The molecule has 0 aliphatic carbocycles. The SMILES string of the molecule is COc1ccnc(CNCCc2ccsc2)c1OC.